The summed E-state index contributed by atoms with van der Waals surface area (Å²) in [4.78, 5) is 23.2. The third-order valence-corrected chi connectivity index (χ3v) is 7.01. The zero-order valence-corrected chi connectivity index (χ0v) is 21.1. The molecule has 164 valence electrons. The number of hydrogen-bond acceptors (Lipinski definition) is 5. The summed E-state index contributed by atoms with van der Waals surface area (Å²) < 4.78 is 4.98. The normalized spacial score (nSPS) is 28.1. The molecule has 0 amide bonds. The third-order valence-electron chi connectivity index (χ3n) is 6.07. The molecule has 3 rings (SSSR count). The number of methoxy groups -OCH3 is 1. The Hall–Kier alpha value is -0.870. The molecule has 4 unspecified atom stereocenters. The maximum absolute atomic E-state index is 12.1. The van der Waals surface area contributed by atoms with Gasteiger partial charge in [0.15, 0.2) is 5.96 Å². The molecule has 2 aliphatic rings. The fourth-order valence-corrected chi connectivity index (χ4v) is 5.57. The van der Waals surface area contributed by atoms with Crippen LogP contribution in [0.15, 0.2) is 22.5 Å². The molecule has 8 heteroatoms. The number of carbonyl (C=O) groups excluding carboxylic acids is 1. The van der Waals surface area contributed by atoms with Crippen molar-refractivity contribution in [3.63, 3.8) is 0 Å². The van der Waals surface area contributed by atoms with Gasteiger partial charge >= 0.3 is 5.97 Å². The number of rotatable bonds is 5. The summed E-state index contributed by atoms with van der Waals surface area (Å²) in [6.45, 7) is 8.51. The number of halogens is 1. The standard InChI is InChI=1S/C21H34N4O2S.HI/c1-5-22-21(25-13-15(2)17(14-25)20(26)27-4)23-12-16-8-6-10-24(3)19(16)18-9-7-11-28-18;/h7,9,11,15-17,19H,5-6,8,10,12-14H2,1-4H3,(H,22,23);1H. The van der Waals surface area contributed by atoms with E-state index in [2.05, 4.69) is 53.5 Å². The number of aliphatic imine (C=N–C) groups is 1. The van der Waals surface area contributed by atoms with Gasteiger partial charge in [-0.1, -0.05) is 13.0 Å². The SMILES string of the molecule is CCNC(=NCC1CCCN(C)C1c1cccs1)N1CC(C)C(C(=O)OC)C1.I. The van der Waals surface area contributed by atoms with Crippen molar-refractivity contribution < 1.29 is 9.53 Å². The first-order valence-corrected chi connectivity index (χ1v) is 11.3. The largest absolute Gasteiger partial charge is 0.469 e. The summed E-state index contributed by atoms with van der Waals surface area (Å²) in [5, 5.41) is 5.60. The highest BCUT2D eigenvalue weighted by Crippen LogP contribution is 2.37. The van der Waals surface area contributed by atoms with E-state index in [0.29, 0.717) is 18.5 Å². The number of carbonyl (C=O) groups is 1. The highest BCUT2D eigenvalue weighted by atomic mass is 127. The Balaban J connectivity index is 0.00000300. The van der Waals surface area contributed by atoms with Gasteiger partial charge in [-0.05, 0) is 56.6 Å². The summed E-state index contributed by atoms with van der Waals surface area (Å²) in [6.07, 6.45) is 2.43. The molecule has 0 aliphatic carbocycles. The second-order valence-corrected chi connectivity index (χ2v) is 9.03. The fourth-order valence-electron chi connectivity index (χ4n) is 4.59. The summed E-state index contributed by atoms with van der Waals surface area (Å²) in [6, 6.07) is 4.84. The van der Waals surface area contributed by atoms with Crippen LogP contribution in [0.4, 0.5) is 0 Å². The zero-order chi connectivity index (χ0) is 20.1. The van der Waals surface area contributed by atoms with E-state index in [1.165, 1.54) is 24.8 Å². The predicted molar refractivity (Wildman–Crippen MR) is 130 cm³/mol. The van der Waals surface area contributed by atoms with Gasteiger partial charge in [-0.2, -0.15) is 0 Å². The number of ether oxygens (including phenoxy) is 1. The topological polar surface area (TPSA) is 57.2 Å². The number of esters is 1. The molecule has 2 fully saturated rings. The highest BCUT2D eigenvalue weighted by molar-refractivity contribution is 14.0. The lowest BCUT2D eigenvalue weighted by Crippen LogP contribution is -2.42. The van der Waals surface area contributed by atoms with Crippen molar-refractivity contribution in [3.8, 4) is 0 Å². The highest BCUT2D eigenvalue weighted by Gasteiger charge is 2.37. The van der Waals surface area contributed by atoms with Gasteiger partial charge < -0.3 is 15.0 Å². The van der Waals surface area contributed by atoms with Gasteiger partial charge in [0.05, 0.1) is 13.0 Å². The molecule has 1 N–H and O–H groups in total. The van der Waals surface area contributed by atoms with Crippen molar-refractivity contribution in [3.05, 3.63) is 22.4 Å². The van der Waals surface area contributed by atoms with Gasteiger partial charge in [-0.3, -0.25) is 14.7 Å². The average Bonchev–Trinajstić information content (AvgIpc) is 3.34. The van der Waals surface area contributed by atoms with Crippen molar-refractivity contribution in [2.75, 3.05) is 46.9 Å². The molecular weight excluding hydrogens is 499 g/mol. The Morgan fingerprint density at radius 2 is 2.21 bits per heavy atom. The first kappa shape index (κ1) is 24.4. The van der Waals surface area contributed by atoms with E-state index >= 15 is 0 Å². The lowest BCUT2D eigenvalue weighted by atomic mass is 9.88. The molecule has 0 aromatic carbocycles. The molecule has 2 saturated heterocycles. The first-order chi connectivity index (χ1) is 13.5. The van der Waals surface area contributed by atoms with Gasteiger partial charge in [-0.15, -0.1) is 35.3 Å². The van der Waals surface area contributed by atoms with Crippen molar-refractivity contribution in [1.82, 2.24) is 15.1 Å². The Morgan fingerprint density at radius 3 is 2.86 bits per heavy atom. The van der Waals surface area contributed by atoms with Crippen molar-refractivity contribution in [1.29, 1.82) is 0 Å². The Bertz CT molecular complexity index is 670. The minimum absolute atomic E-state index is 0. The summed E-state index contributed by atoms with van der Waals surface area (Å²) in [7, 11) is 3.70. The monoisotopic (exact) mass is 534 g/mol. The number of guanidine groups is 1. The van der Waals surface area contributed by atoms with Crippen LogP contribution in [0.2, 0.25) is 0 Å². The Kier molecular flexibility index (Phi) is 9.68. The van der Waals surface area contributed by atoms with Crippen LogP contribution < -0.4 is 5.32 Å². The molecule has 0 spiro atoms. The molecule has 3 heterocycles. The van der Waals surface area contributed by atoms with Crippen LogP contribution in [0.5, 0.6) is 0 Å². The van der Waals surface area contributed by atoms with E-state index in [1.807, 2.05) is 11.3 Å². The van der Waals surface area contributed by atoms with Crippen molar-refractivity contribution in [2.24, 2.45) is 22.7 Å². The van der Waals surface area contributed by atoms with Crippen LogP contribution in [0.25, 0.3) is 0 Å². The van der Waals surface area contributed by atoms with Crippen LogP contribution in [0.1, 0.15) is 37.6 Å². The molecule has 0 saturated carbocycles. The molecule has 1 aromatic heterocycles. The number of nitrogens with one attached hydrogen (secondary N) is 1. The molecular formula is C21H35IN4O2S. The van der Waals surface area contributed by atoms with Crippen molar-refractivity contribution in [2.45, 2.75) is 32.7 Å². The molecule has 0 bridgehead atoms. The second kappa shape index (κ2) is 11.5. The summed E-state index contributed by atoms with van der Waals surface area (Å²) in [5.41, 5.74) is 0. The van der Waals surface area contributed by atoms with Crippen LogP contribution in [-0.2, 0) is 9.53 Å². The second-order valence-electron chi connectivity index (χ2n) is 8.05. The van der Waals surface area contributed by atoms with Crippen LogP contribution >= 0.6 is 35.3 Å². The van der Waals surface area contributed by atoms with E-state index in [1.54, 1.807) is 0 Å². The van der Waals surface area contributed by atoms with E-state index in [9.17, 15) is 4.79 Å². The van der Waals surface area contributed by atoms with Crippen LogP contribution in [0.3, 0.4) is 0 Å². The smallest absolute Gasteiger partial charge is 0.310 e. The predicted octanol–water partition coefficient (Wildman–Crippen LogP) is 3.46. The molecule has 0 radical (unpaired) electrons. The molecule has 6 nitrogen and oxygen atoms in total. The fraction of sp³-hybridized carbons (Fsp3) is 0.714. The third kappa shape index (κ3) is 5.85. The lowest BCUT2D eigenvalue weighted by molar-refractivity contribution is -0.145. The number of nitrogens with zero attached hydrogens (tertiary/aromatic N) is 3. The number of thiophene rings is 1. The van der Waals surface area contributed by atoms with Gasteiger partial charge in [0.25, 0.3) is 0 Å². The molecule has 29 heavy (non-hydrogen) atoms. The van der Waals surface area contributed by atoms with Crippen molar-refractivity contribution >= 4 is 47.2 Å². The van der Waals surface area contributed by atoms with E-state index in [-0.39, 0.29) is 41.8 Å². The lowest BCUT2D eigenvalue weighted by Gasteiger charge is -2.38. The average molecular weight is 535 g/mol. The maximum atomic E-state index is 12.1. The summed E-state index contributed by atoms with van der Waals surface area (Å²) in [5.74, 6) is 1.53. The Labute approximate surface area is 196 Å². The maximum Gasteiger partial charge on any atom is 0.310 e. The number of hydrogen-bond donors (Lipinski definition) is 1. The van der Waals surface area contributed by atoms with Gasteiger partial charge in [0, 0.05) is 37.1 Å². The molecule has 1 aromatic rings. The van der Waals surface area contributed by atoms with E-state index < -0.39 is 0 Å². The van der Waals surface area contributed by atoms with Gasteiger partial charge in [0.2, 0.25) is 0 Å². The molecule has 4 atom stereocenters. The molecule has 2 aliphatic heterocycles. The minimum atomic E-state index is -0.113. The quantitative estimate of drug-likeness (QED) is 0.272. The zero-order valence-electron chi connectivity index (χ0n) is 18.0. The van der Waals surface area contributed by atoms with Crippen LogP contribution in [-0.4, -0.2) is 68.6 Å². The minimum Gasteiger partial charge on any atom is -0.469 e. The number of likely N-dealkylation sites (tertiary alicyclic amines) is 2. The van der Waals surface area contributed by atoms with Crippen LogP contribution in [0, 0.1) is 17.8 Å². The van der Waals surface area contributed by atoms with Gasteiger partial charge in [0.1, 0.15) is 0 Å². The van der Waals surface area contributed by atoms with Gasteiger partial charge in [-0.25, -0.2) is 0 Å². The van der Waals surface area contributed by atoms with E-state index in [0.717, 1.165) is 32.1 Å². The summed E-state index contributed by atoms with van der Waals surface area (Å²) >= 11 is 1.85. The van der Waals surface area contributed by atoms with E-state index in [4.69, 9.17) is 9.73 Å². The first-order valence-electron chi connectivity index (χ1n) is 10.4. The Morgan fingerprint density at radius 1 is 1.41 bits per heavy atom. The number of piperidine rings is 1.